The summed E-state index contributed by atoms with van der Waals surface area (Å²) in [4.78, 5) is 27.3. The highest BCUT2D eigenvalue weighted by molar-refractivity contribution is 5.93. The van der Waals surface area contributed by atoms with Gasteiger partial charge in [-0.2, -0.15) is 0 Å². The van der Waals surface area contributed by atoms with Gasteiger partial charge in [-0.05, 0) is 68.1 Å². The van der Waals surface area contributed by atoms with Crippen LogP contribution in [0.15, 0.2) is 48.8 Å². The number of nitrogens with zero attached hydrogens (tertiary/aromatic N) is 4. The Labute approximate surface area is 165 Å². The molecule has 0 aliphatic rings. The van der Waals surface area contributed by atoms with E-state index >= 15 is 0 Å². The van der Waals surface area contributed by atoms with Crippen LogP contribution in [0.1, 0.15) is 33.0 Å². The average Bonchev–Trinajstić information content (AvgIpc) is 2.68. The Hall–Kier alpha value is -3.28. The van der Waals surface area contributed by atoms with Gasteiger partial charge in [0.1, 0.15) is 17.3 Å². The summed E-state index contributed by atoms with van der Waals surface area (Å²) in [6, 6.07) is 11.7. The zero-order chi connectivity index (χ0) is 20.1. The van der Waals surface area contributed by atoms with Gasteiger partial charge in [-0.3, -0.25) is 9.78 Å². The van der Waals surface area contributed by atoms with Crippen molar-refractivity contribution in [1.82, 2.24) is 19.9 Å². The third-order valence-electron chi connectivity index (χ3n) is 4.67. The lowest BCUT2D eigenvalue weighted by Crippen LogP contribution is -2.30. The van der Waals surface area contributed by atoms with Crippen molar-refractivity contribution in [2.45, 2.75) is 27.2 Å². The van der Waals surface area contributed by atoms with E-state index in [1.54, 1.807) is 37.3 Å². The maximum Gasteiger partial charge on any atom is 0.272 e. The predicted molar refractivity (Wildman–Crippen MR) is 111 cm³/mol. The summed E-state index contributed by atoms with van der Waals surface area (Å²) < 4.78 is 0. The molecule has 0 aliphatic carbocycles. The van der Waals surface area contributed by atoms with Crippen LogP contribution in [-0.2, 0) is 6.42 Å². The van der Waals surface area contributed by atoms with Crippen LogP contribution in [0.2, 0.25) is 0 Å². The second-order valence-corrected chi connectivity index (χ2v) is 6.94. The molecule has 2 aromatic heterocycles. The van der Waals surface area contributed by atoms with Gasteiger partial charge in [-0.15, -0.1) is 0 Å². The van der Waals surface area contributed by atoms with Gasteiger partial charge in [0.2, 0.25) is 0 Å². The molecule has 0 radical (unpaired) electrons. The van der Waals surface area contributed by atoms with Crippen LogP contribution in [0.25, 0.3) is 0 Å². The minimum absolute atomic E-state index is 0.123. The monoisotopic (exact) mass is 375 g/mol. The maximum atomic E-state index is 12.8. The molecular formula is C22H25N5O. The van der Waals surface area contributed by atoms with E-state index in [4.69, 9.17) is 0 Å². The highest BCUT2D eigenvalue weighted by Gasteiger charge is 2.15. The van der Waals surface area contributed by atoms with E-state index in [1.807, 2.05) is 18.2 Å². The van der Waals surface area contributed by atoms with Gasteiger partial charge in [-0.25, -0.2) is 9.97 Å². The van der Waals surface area contributed by atoms with Gasteiger partial charge >= 0.3 is 0 Å². The fourth-order valence-electron chi connectivity index (χ4n) is 2.85. The number of pyridine rings is 1. The van der Waals surface area contributed by atoms with E-state index in [2.05, 4.69) is 46.2 Å². The van der Waals surface area contributed by atoms with E-state index in [0.717, 1.165) is 17.7 Å². The third-order valence-corrected chi connectivity index (χ3v) is 4.67. The van der Waals surface area contributed by atoms with E-state index in [1.165, 1.54) is 11.1 Å². The first kappa shape index (κ1) is 19.5. The molecule has 2 heterocycles. The van der Waals surface area contributed by atoms with Gasteiger partial charge in [-0.1, -0.05) is 6.07 Å². The maximum absolute atomic E-state index is 12.8. The topological polar surface area (TPSA) is 71.0 Å². The summed E-state index contributed by atoms with van der Waals surface area (Å²) in [5.74, 6) is 1.05. The van der Waals surface area contributed by atoms with Crippen LogP contribution in [0.3, 0.4) is 0 Å². The molecule has 0 saturated heterocycles. The van der Waals surface area contributed by atoms with Crippen molar-refractivity contribution >= 4 is 17.4 Å². The van der Waals surface area contributed by atoms with Crippen LogP contribution >= 0.6 is 0 Å². The Morgan fingerprint density at radius 2 is 1.75 bits per heavy atom. The Morgan fingerprint density at radius 1 is 1.00 bits per heavy atom. The quantitative estimate of drug-likeness (QED) is 0.708. The molecule has 0 spiro atoms. The molecule has 28 heavy (non-hydrogen) atoms. The summed E-state index contributed by atoms with van der Waals surface area (Å²) in [6.07, 6.45) is 4.29. The number of aromatic nitrogens is 3. The molecule has 0 saturated carbocycles. The standard InChI is InChI=1S/C22H25N5O/c1-15-5-6-19(13-16(15)2)26-21-14-20(24-17(3)25-21)22(28)27(4)12-9-18-7-10-23-11-8-18/h5-8,10-11,13-14H,9,12H2,1-4H3,(H,24,25,26). The molecule has 0 aliphatic heterocycles. The lowest BCUT2D eigenvalue weighted by atomic mass is 10.1. The Kier molecular flexibility index (Phi) is 5.99. The van der Waals surface area contributed by atoms with Crippen molar-refractivity contribution in [2.75, 3.05) is 18.9 Å². The fourth-order valence-corrected chi connectivity index (χ4v) is 2.85. The van der Waals surface area contributed by atoms with Crippen LogP contribution in [-0.4, -0.2) is 39.4 Å². The van der Waals surface area contributed by atoms with Crippen LogP contribution < -0.4 is 5.32 Å². The second-order valence-electron chi connectivity index (χ2n) is 6.94. The van der Waals surface area contributed by atoms with E-state index < -0.39 is 0 Å². The van der Waals surface area contributed by atoms with Crippen molar-refractivity contribution in [1.29, 1.82) is 0 Å². The largest absolute Gasteiger partial charge is 0.340 e. The molecular weight excluding hydrogens is 350 g/mol. The number of carbonyl (C=O) groups excluding carboxylic acids is 1. The summed E-state index contributed by atoms with van der Waals surface area (Å²) in [5.41, 5.74) is 4.89. The molecule has 1 N–H and O–H groups in total. The van der Waals surface area contributed by atoms with Crippen molar-refractivity contribution < 1.29 is 4.79 Å². The predicted octanol–water partition coefficient (Wildman–Crippen LogP) is 3.86. The first-order chi connectivity index (χ1) is 13.4. The SMILES string of the molecule is Cc1nc(Nc2ccc(C)c(C)c2)cc(C(=O)N(C)CCc2ccncc2)n1. The van der Waals surface area contributed by atoms with E-state index in [9.17, 15) is 4.79 Å². The molecule has 3 aromatic rings. The smallest absolute Gasteiger partial charge is 0.272 e. The normalized spacial score (nSPS) is 10.6. The molecule has 1 aromatic carbocycles. The third kappa shape index (κ3) is 4.91. The number of benzene rings is 1. The Balaban J connectivity index is 1.72. The molecule has 1 amide bonds. The second kappa shape index (κ2) is 8.61. The zero-order valence-electron chi connectivity index (χ0n) is 16.7. The van der Waals surface area contributed by atoms with Crippen molar-refractivity contribution in [2.24, 2.45) is 0 Å². The number of carbonyl (C=O) groups is 1. The Bertz CT molecular complexity index is 972. The molecule has 3 rings (SSSR count). The number of nitrogens with one attached hydrogen (secondary N) is 1. The zero-order valence-corrected chi connectivity index (χ0v) is 16.7. The molecule has 6 heteroatoms. The summed E-state index contributed by atoms with van der Waals surface area (Å²) in [6.45, 7) is 6.54. The van der Waals surface area contributed by atoms with E-state index in [0.29, 0.717) is 23.9 Å². The van der Waals surface area contributed by atoms with Gasteiger partial charge in [0, 0.05) is 37.7 Å². The van der Waals surface area contributed by atoms with Crippen LogP contribution in [0.4, 0.5) is 11.5 Å². The molecule has 0 unspecified atom stereocenters. The number of likely N-dealkylation sites (N-methyl/N-ethyl adjacent to an activating group) is 1. The number of hydrogen-bond donors (Lipinski definition) is 1. The van der Waals surface area contributed by atoms with Crippen molar-refractivity contribution in [3.05, 3.63) is 77.0 Å². The number of amides is 1. The molecule has 0 fully saturated rings. The van der Waals surface area contributed by atoms with E-state index in [-0.39, 0.29) is 5.91 Å². The minimum atomic E-state index is -0.123. The average molecular weight is 375 g/mol. The summed E-state index contributed by atoms with van der Waals surface area (Å²) in [7, 11) is 1.79. The number of rotatable bonds is 6. The van der Waals surface area contributed by atoms with Gasteiger partial charge in [0.05, 0.1) is 0 Å². The number of aryl methyl sites for hydroxylation is 3. The number of hydrogen-bond acceptors (Lipinski definition) is 5. The van der Waals surface area contributed by atoms with Gasteiger partial charge in [0.15, 0.2) is 0 Å². The lowest BCUT2D eigenvalue weighted by molar-refractivity contribution is 0.0790. The van der Waals surface area contributed by atoms with Crippen molar-refractivity contribution in [3.63, 3.8) is 0 Å². The first-order valence-electron chi connectivity index (χ1n) is 9.26. The summed E-state index contributed by atoms with van der Waals surface area (Å²) >= 11 is 0. The number of anilines is 2. The van der Waals surface area contributed by atoms with Gasteiger partial charge < -0.3 is 10.2 Å². The fraction of sp³-hybridized carbons (Fsp3) is 0.273. The lowest BCUT2D eigenvalue weighted by Gasteiger charge is -2.17. The summed E-state index contributed by atoms with van der Waals surface area (Å²) in [5, 5.41) is 3.28. The molecule has 144 valence electrons. The molecule has 0 atom stereocenters. The molecule has 0 bridgehead atoms. The molecule has 6 nitrogen and oxygen atoms in total. The van der Waals surface area contributed by atoms with Gasteiger partial charge in [0.25, 0.3) is 5.91 Å². The van der Waals surface area contributed by atoms with Crippen LogP contribution in [0.5, 0.6) is 0 Å². The van der Waals surface area contributed by atoms with Crippen LogP contribution in [0, 0.1) is 20.8 Å². The Morgan fingerprint density at radius 3 is 2.46 bits per heavy atom. The highest BCUT2D eigenvalue weighted by Crippen LogP contribution is 2.19. The minimum Gasteiger partial charge on any atom is -0.340 e. The van der Waals surface area contributed by atoms with Crippen molar-refractivity contribution in [3.8, 4) is 0 Å². The highest BCUT2D eigenvalue weighted by atomic mass is 16.2. The first-order valence-corrected chi connectivity index (χ1v) is 9.26.